The van der Waals surface area contributed by atoms with Crippen LogP contribution in [0.25, 0.3) is 5.65 Å². The third-order valence-corrected chi connectivity index (χ3v) is 4.42. The molecule has 0 saturated heterocycles. The number of amides is 1. The number of carbonyl (C=O) groups excluding carboxylic acids is 1. The first kappa shape index (κ1) is 16.4. The molecule has 0 aliphatic heterocycles. The van der Waals surface area contributed by atoms with Crippen LogP contribution in [0.5, 0.6) is 0 Å². The highest BCUT2D eigenvalue weighted by atomic mass is 32.2. The first-order chi connectivity index (χ1) is 11.5. The number of hydrogen-bond donors (Lipinski definition) is 0. The van der Waals surface area contributed by atoms with Gasteiger partial charge in [0.25, 0.3) is 0 Å². The molecule has 0 aliphatic rings. The van der Waals surface area contributed by atoms with Crippen molar-refractivity contribution in [1.82, 2.24) is 19.5 Å². The largest absolute Gasteiger partial charge is 0.337 e. The van der Waals surface area contributed by atoms with Gasteiger partial charge in [-0.1, -0.05) is 6.07 Å². The summed E-state index contributed by atoms with van der Waals surface area (Å²) in [4.78, 5) is 14.2. The molecule has 0 saturated carbocycles. The van der Waals surface area contributed by atoms with E-state index >= 15 is 0 Å². The van der Waals surface area contributed by atoms with E-state index in [1.54, 1.807) is 7.05 Å². The van der Waals surface area contributed by atoms with Crippen LogP contribution < -0.4 is 0 Å². The quantitative estimate of drug-likeness (QED) is 0.666. The van der Waals surface area contributed by atoms with Crippen molar-refractivity contribution in [1.29, 1.82) is 0 Å². The number of carbonyl (C=O) groups is 1. The molecule has 5 nitrogen and oxygen atoms in total. The minimum Gasteiger partial charge on any atom is -0.337 e. The Labute approximate surface area is 141 Å². The monoisotopic (exact) mass is 348 g/mol. The SMILES string of the molecule is CN(Cc1nnc2ccccn12)C(=O)CSc1ccc(F)c(F)c1. The Kier molecular flexibility index (Phi) is 4.75. The maximum Gasteiger partial charge on any atom is 0.233 e. The van der Waals surface area contributed by atoms with Crippen LogP contribution in [-0.2, 0) is 11.3 Å². The number of fused-ring (bicyclic) bond motifs is 1. The molecule has 0 fully saturated rings. The van der Waals surface area contributed by atoms with Crippen molar-refractivity contribution < 1.29 is 13.6 Å². The van der Waals surface area contributed by atoms with Gasteiger partial charge in [0.1, 0.15) is 0 Å². The first-order valence-corrected chi connectivity index (χ1v) is 8.13. The van der Waals surface area contributed by atoms with Crippen LogP contribution in [0.1, 0.15) is 5.82 Å². The maximum absolute atomic E-state index is 13.2. The summed E-state index contributed by atoms with van der Waals surface area (Å²) in [6.07, 6.45) is 1.83. The van der Waals surface area contributed by atoms with Gasteiger partial charge in [-0.3, -0.25) is 9.20 Å². The number of hydrogen-bond acceptors (Lipinski definition) is 4. The second-order valence-corrected chi connectivity index (χ2v) is 6.21. The Morgan fingerprint density at radius 1 is 1.21 bits per heavy atom. The Bertz CT molecular complexity index is 883. The number of pyridine rings is 1. The third-order valence-electron chi connectivity index (χ3n) is 3.44. The van der Waals surface area contributed by atoms with Crippen LogP contribution in [0.15, 0.2) is 47.5 Å². The summed E-state index contributed by atoms with van der Waals surface area (Å²) in [6.45, 7) is 0.308. The zero-order chi connectivity index (χ0) is 17.1. The summed E-state index contributed by atoms with van der Waals surface area (Å²) in [7, 11) is 1.66. The number of thioether (sulfide) groups is 1. The zero-order valence-electron chi connectivity index (χ0n) is 12.8. The predicted molar refractivity (Wildman–Crippen MR) is 86.5 cm³/mol. The molecule has 124 valence electrons. The van der Waals surface area contributed by atoms with Crippen molar-refractivity contribution in [3.63, 3.8) is 0 Å². The Balaban J connectivity index is 1.61. The number of aromatic nitrogens is 3. The van der Waals surface area contributed by atoms with E-state index in [-0.39, 0.29) is 11.7 Å². The first-order valence-electron chi connectivity index (χ1n) is 7.15. The minimum atomic E-state index is -0.921. The van der Waals surface area contributed by atoms with E-state index in [1.165, 1.54) is 11.0 Å². The fourth-order valence-corrected chi connectivity index (χ4v) is 2.98. The standard InChI is InChI=1S/C16H14F2N4OS/c1-21(9-15-20-19-14-4-2-3-7-22(14)15)16(23)10-24-11-5-6-12(17)13(18)8-11/h2-8H,9-10H2,1H3. The Morgan fingerprint density at radius 2 is 2.04 bits per heavy atom. The molecule has 1 amide bonds. The smallest absolute Gasteiger partial charge is 0.233 e. The van der Waals surface area contributed by atoms with Gasteiger partial charge in [0.15, 0.2) is 23.1 Å². The molecule has 0 bridgehead atoms. The predicted octanol–water partition coefficient (Wildman–Crippen LogP) is 2.76. The van der Waals surface area contributed by atoms with Gasteiger partial charge >= 0.3 is 0 Å². The molecule has 0 N–H and O–H groups in total. The van der Waals surface area contributed by atoms with Crippen LogP contribution in [0.3, 0.4) is 0 Å². The normalized spacial score (nSPS) is 11.0. The highest BCUT2D eigenvalue weighted by molar-refractivity contribution is 8.00. The van der Waals surface area contributed by atoms with E-state index in [2.05, 4.69) is 10.2 Å². The van der Waals surface area contributed by atoms with Gasteiger partial charge in [0.05, 0.1) is 12.3 Å². The number of nitrogens with zero attached hydrogens (tertiary/aromatic N) is 4. The highest BCUT2D eigenvalue weighted by Crippen LogP contribution is 2.20. The molecular weight excluding hydrogens is 334 g/mol. The molecule has 3 aromatic rings. The number of benzene rings is 1. The summed E-state index contributed by atoms with van der Waals surface area (Å²) in [5.41, 5.74) is 0.713. The molecule has 2 heterocycles. The molecule has 8 heteroatoms. The number of halogens is 2. The highest BCUT2D eigenvalue weighted by Gasteiger charge is 2.14. The van der Waals surface area contributed by atoms with Gasteiger partial charge < -0.3 is 4.90 Å². The summed E-state index contributed by atoms with van der Waals surface area (Å²) in [5, 5.41) is 8.11. The van der Waals surface area contributed by atoms with Gasteiger partial charge in [-0.15, -0.1) is 22.0 Å². The summed E-state index contributed by atoms with van der Waals surface area (Å²) in [5.74, 6) is -1.19. The molecule has 1 aromatic carbocycles. The van der Waals surface area contributed by atoms with Gasteiger partial charge in [-0.25, -0.2) is 8.78 Å². The molecule has 24 heavy (non-hydrogen) atoms. The molecule has 0 unspecified atom stereocenters. The lowest BCUT2D eigenvalue weighted by Crippen LogP contribution is -2.28. The molecule has 0 spiro atoms. The van der Waals surface area contributed by atoms with Gasteiger partial charge in [0.2, 0.25) is 5.91 Å². The van der Waals surface area contributed by atoms with Crippen LogP contribution in [0, 0.1) is 11.6 Å². The third kappa shape index (κ3) is 3.53. The van der Waals surface area contributed by atoms with E-state index < -0.39 is 11.6 Å². The lowest BCUT2D eigenvalue weighted by molar-refractivity contribution is -0.127. The Morgan fingerprint density at radius 3 is 2.83 bits per heavy atom. The molecule has 0 aliphatic carbocycles. The summed E-state index contributed by atoms with van der Waals surface area (Å²) < 4.78 is 27.9. The van der Waals surface area contributed by atoms with Crippen LogP contribution in [-0.4, -0.2) is 38.2 Å². The van der Waals surface area contributed by atoms with Crippen LogP contribution in [0.2, 0.25) is 0 Å². The summed E-state index contributed by atoms with van der Waals surface area (Å²) >= 11 is 1.16. The molecule has 3 rings (SSSR count). The lowest BCUT2D eigenvalue weighted by Gasteiger charge is -2.15. The van der Waals surface area contributed by atoms with Crippen LogP contribution >= 0.6 is 11.8 Å². The summed E-state index contributed by atoms with van der Waals surface area (Å²) in [6, 6.07) is 9.13. The molecule has 0 atom stereocenters. The molecular formula is C16H14F2N4OS. The zero-order valence-corrected chi connectivity index (χ0v) is 13.6. The lowest BCUT2D eigenvalue weighted by atomic mass is 10.3. The fourth-order valence-electron chi connectivity index (χ4n) is 2.12. The fraction of sp³-hybridized carbons (Fsp3) is 0.188. The van der Waals surface area contributed by atoms with Crippen molar-refractivity contribution >= 4 is 23.3 Å². The van der Waals surface area contributed by atoms with E-state index in [0.717, 1.165) is 23.9 Å². The number of rotatable bonds is 5. The van der Waals surface area contributed by atoms with E-state index in [0.29, 0.717) is 22.9 Å². The van der Waals surface area contributed by atoms with Crippen molar-refractivity contribution in [2.45, 2.75) is 11.4 Å². The van der Waals surface area contributed by atoms with Crippen molar-refractivity contribution in [3.8, 4) is 0 Å². The van der Waals surface area contributed by atoms with Gasteiger partial charge in [-0.05, 0) is 30.3 Å². The van der Waals surface area contributed by atoms with Gasteiger partial charge in [0, 0.05) is 18.1 Å². The maximum atomic E-state index is 13.2. The van der Waals surface area contributed by atoms with Crippen molar-refractivity contribution in [3.05, 3.63) is 60.1 Å². The van der Waals surface area contributed by atoms with Crippen molar-refractivity contribution in [2.75, 3.05) is 12.8 Å². The Hall–Kier alpha value is -2.48. The average Bonchev–Trinajstić information content (AvgIpc) is 2.99. The molecule has 0 radical (unpaired) electrons. The van der Waals surface area contributed by atoms with Gasteiger partial charge in [-0.2, -0.15) is 0 Å². The average molecular weight is 348 g/mol. The van der Waals surface area contributed by atoms with E-state index in [1.807, 2.05) is 28.8 Å². The minimum absolute atomic E-state index is 0.123. The second-order valence-electron chi connectivity index (χ2n) is 5.16. The van der Waals surface area contributed by atoms with Crippen LogP contribution in [0.4, 0.5) is 8.78 Å². The van der Waals surface area contributed by atoms with Crippen molar-refractivity contribution in [2.24, 2.45) is 0 Å². The van der Waals surface area contributed by atoms with E-state index in [9.17, 15) is 13.6 Å². The second kappa shape index (κ2) is 6.96. The van der Waals surface area contributed by atoms with E-state index in [4.69, 9.17) is 0 Å². The topological polar surface area (TPSA) is 50.5 Å². The molecule has 2 aromatic heterocycles.